The van der Waals surface area contributed by atoms with Gasteiger partial charge in [0.1, 0.15) is 22.9 Å². The highest BCUT2D eigenvalue weighted by molar-refractivity contribution is 6.04. The topological polar surface area (TPSA) is 131 Å². The second kappa shape index (κ2) is 9.84. The molecule has 1 aromatic carbocycles. The number of amides is 2. The molecule has 1 saturated heterocycles. The van der Waals surface area contributed by atoms with Crippen molar-refractivity contribution in [2.75, 3.05) is 17.6 Å². The van der Waals surface area contributed by atoms with Gasteiger partial charge in [-0.15, -0.1) is 5.10 Å². The summed E-state index contributed by atoms with van der Waals surface area (Å²) in [4.78, 5) is 36.4. The minimum atomic E-state index is -0.299. The number of fused-ring (bicyclic) bond motifs is 1. The maximum atomic E-state index is 12.7. The Kier molecular flexibility index (Phi) is 6.28. The molecule has 0 spiro atoms. The number of benzene rings is 1. The molecule has 10 heteroatoms. The third-order valence-corrected chi connectivity index (χ3v) is 6.14. The van der Waals surface area contributed by atoms with E-state index in [0.717, 1.165) is 24.8 Å². The Morgan fingerprint density at radius 3 is 2.72 bits per heavy atom. The normalized spacial score (nSPS) is 15.2. The van der Waals surface area contributed by atoms with E-state index in [9.17, 15) is 9.59 Å². The van der Waals surface area contributed by atoms with Crippen LogP contribution in [0.5, 0.6) is 0 Å². The largest absolute Gasteiger partial charge is 0.382 e. The summed E-state index contributed by atoms with van der Waals surface area (Å²) in [6, 6.07) is 10.2. The number of piperidine rings is 1. The summed E-state index contributed by atoms with van der Waals surface area (Å²) in [7, 11) is 0. The van der Waals surface area contributed by atoms with Crippen LogP contribution in [-0.4, -0.2) is 47.8 Å². The Morgan fingerprint density at radius 1 is 1.14 bits per heavy atom. The molecule has 4 heterocycles. The number of carbonyl (C=O) groups is 2. The minimum Gasteiger partial charge on any atom is -0.382 e. The van der Waals surface area contributed by atoms with Crippen LogP contribution in [0.1, 0.15) is 48.4 Å². The molecule has 5 rings (SSSR count). The maximum Gasteiger partial charge on any atom is 0.299 e. The molecule has 0 aliphatic carbocycles. The third-order valence-electron chi connectivity index (χ3n) is 6.14. The SMILES string of the molecule is CC#CC(=O)N1CCCC[C@H]1c1nc(-c2ccc(C(=O)Nc3cccnn3)cc2)c2c(N)nccn12. The van der Waals surface area contributed by atoms with Gasteiger partial charge in [-0.3, -0.25) is 14.0 Å². The van der Waals surface area contributed by atoms with Crippen LogP contribution < -0.4 is 11.1 Å². The lowest BCUT2D eigenvalue weighted by atomic mass is 10.0. The molecule has 3 aromatic heterocycles. The molecule has 1 aliphatic heterocycles. The lowest BCUT2D eigenvalue weighted by Crippen LogP contribution is -2.38. The van der Waals surface area contributed by atoms with Crippen LogP contribution in [0.2, 0.25) is 0 Å². The van der Waals surface area contributed by atoms with Crippen LogP contribution in [0.4, 0.5) is 11.6 Å². The molecule has 1 fully saturated rings. The van der Waals surface area contributed by atoms with E-state index in [2.05, 4.69) is 32.3 Å². The molecule has 0 bridgehead atoms. The van der Waals surface area contributed by atoms with Crippen LogP contribution in [0.25, 0.3) is 16.8 Å². The second-order valence-corrected chi connectivity index (χ2v) is 8.38. The minimum absolute atomic E-state index is 0.207. The van der Waals surface area contributed by atoms with E-state index in [1.165, 1.54) is 6.20 Å². The van der Waals surface area contributed by atoms with Crippen molar-refractivity contribution in [2.24, 2.45) is 0 Å². The number of imidazole rings is 1. The number of hydrogen-bond acceptors (Lipinski definition) is 7. The number of rotatable bonds is 4. The average molecular weight is 481 g/mol. The van der Waals surface area contributed by atoms with Crippen molar-refractivity contribution in [3.8, 4) is 23.1 Å². The Balaban J connectivity index is 1.52. The molecule has 1 atom stereocenters. The first-order valence-electron chi connectivity index (χ1n) is 11.6. The summed E-state index contributed by atoms with van der Waals surface area (Å²) in [5.41, 5.74) is 8.82. The highest BCUT2D eigenvalue weighted by Gasteiger charge is 2.32. The van der Waals surface area contributed by atoms with E-state index in [4.69, 9.17) is 10.7 Å². The summed E-state index contributed by atoms with van der Waals surface area (Å²) >= 11 is 0. The van der Waals surface area contributed by atoms with Gasteiger partial charge in [-0.25, -0.2) is 9.97 Å². The van der Waals surface area contributed by atoms with Gasteiger partial charge < -0.3 is 16.0 Å². The molecular weight excluding hydrogens is 456 g/mol. The van der Waals surface area contributed by atoms with E-state index in [-0.39, 0.29) is 17.9 Å². The summed E-state index contributed by atoms with van der Waals surface area (Å²) < 4.78 is 1.90. The van der Waals surface area contributed by atoms with Crippen molar-refractivity contribution in [1.29, 1.82) is 0 Å². The first-order valence-corrected chi connectivity index (χ1v) is 11.6. The number of aromatic nitrogens is 5. The highest BCUT2D eigenvalue weighted by Crippen LogP contribution is 2.35. The molecule has 4 aromatic rings. The quantitative estimate of drug-likeness (QED) is 0.429. The summed E-state index contributed by atoms with van der Waals surface area (Å²) in [5, 5.41) is 10.4. The number of nitrogens with one attached hydrogen (secondary N) is 1. The predicted molar refractivity (Wildman–Crippen MR) is 135 cm³/mol. The number of anilines is 2. The molecule has 0 saturated carbocycles. The van der Waals surface area contributed by atoms with Gasteiger partial charge in [0.25, 0.3) is 11.8 Å². The first-order chi connectivity index (χ1) is 17.6. The monoisotopic (exact) mass is 480 g/mol. The van der Waals surface area contributed by atoms with Crippen molar-refractivity contribution in [2.45, 2.75) is 32.2 Å². The fourth-order valence-electron chi connectivity index (χ4n) is 4.48. The Morgan fingerprint density at radius 2 is 1.97 bits per heavy atom. The van der Waals surface area contributed by atoms with Gasteiger partial charge in [0.05, 0.1) is 6.04 Å². The van der Waals surface area contributed by atoms with Crippen LogP contribution >= 0.6 is 0 Å². The van der Waals surface area contributed by atoms with Gasteiger partial charge in [-0.05, 0) is 56.4 Å². The molecule has 0 radical (unpaired) electrons. The predicted octanol–water partition coefficient (Wildman–Crippen LogP) is 3.10. The third kappa shape index (κ3) is 4.34. The molecular formula is C26H24N8O2. The van der Waals surface area contributed by atoms with E-state index in [1.807, 2.05) is 22.7 Å². The van der Waals surface area contributed by atoms with Gasteiger partial charge in [0, 0.05) is 36.3 Å². The van der Waals surface area contributed by atoms with Crippen LogP contribution in [0, 0.1) is 11.8 Å². The second-order valence-electron chi connectivity index (χ2n) is 8.38. The Hall–Kier alpha value is -4.78. The molecule has 0 unspecified atom stereocenters. The van der Waals surface area contributed by atoms with Crippen molar-refractivity contribution >= 4 is 29.0 Å². The molecule has 36 heavy (non-hydrogen) atoms. The molecule has 3 N–H and O–H groups in total. The average Bonchev–Trinajstić information content (AvgIpc) is 3.30. The van der Waals surface area contributed by atoms with Crippen molar-refractivity contribution in [3.05, 3.63) is 66.4 Å². The van der Waals surface area contributed by atoms with E-state index in [0.29, 0.717) is 40.8 Å². The fourth-order valence-corrected chi connectivity index (χ4v) is 4.48. The molecule has 10 nitrogen and oxygen atoms in total. The van der Waals surface area contributed by atoms with Crippen molar-refractivity contribution in [3.63, 3.8) is 0 Å². The standard InChI is InChI=1S/C26H24N8O2/c1-2-6-21(35)33-15-4-3-7-19(33)25-31-22(23-24(27)28-14-16-34(23)25)17-9-11-18(12-10-17)26(36)30-20-8-5-13-29-32-20/h5,8-14,16,19H,3-4,7,15H2,1H3,(H2,27,28)(H,30,32,36)/t19-/m0/s1. The zero-order chi connectivity index (χ0) is 25.1. The van der Waals surface area contributed by atoms with Gasteiger partial charge in [0.15, 0.2) is 5.82 Å². The van der Waals surface area contributed by atoms with E-state index >= 15 is 0 Å². The van der Waals surface area contributed by atoms with Crippen molar-refractivity contribution < 1.29 is 9.59 Å². The lowest BCUT2D eigenvalue weighted by Gasteiger charge is -2.33. The highest BCUT2D eigenvalue weighted by atomic mass is 16.2. The Labute approximate surface area is 207 Å². The number of nitrogens with zero attached hydrogens (tertiary/aromatic N) is 6. The summed E-state index contributed by atoms with van der Waals surface area (Å²) in [6.45, 7) is 2.28. The molecule has 180 valence electrons. The molecule has 1 aliphatic rings. The van der Waals surface area contributed by atoms with Crippen LogP contribution in [-0.2, 0) is 4.79 Å². The molecule has 2 amide bonds. The first kappa shape index (κ1) is 23.0. The van der Waals surface area contributed by atoms with E-state index < -0.39 is 0 Å². The van der Waals surface area contributed by atoms with Gasteiger partial charge >= 0.3 is 0 Å². The number of carbonyl (C=O) groups excluding carboxylic acids is 2. The van der Waals surface area contributed by atoms with Gasteiger partial charge in [-0.2, -0.15) is 5.10 Å². The van der Waals surface area contributed by atoms with Crippen LogP contribution in [0.3, 0.4) is 0 Å². The van der Waals surface area contributed by atoms with Crippen molar-refractivity contribution in [1.82, 2.24) is 29.5 Å². The number of nitrogens with two attached hydrogens (primary N) is 1. The van der Waals surface area contributed by atoms with Gasteiger partial charge in [0.2, 0.25) is 0 Å². The van der Waals surface area contributed by atoms with Gasteiger partial charge in [-0.1, -0.05) is 18.1 Å². The smallest absolute Gasteiger partial charge is 0.299 e. The number of nitrogen functional groups attached to an aromatic ring is 1. The zero-order valence-electron chi connectivity index (χ0n) is 19.7. The lowest BCUT2D eigenvalue weighted by molar-refractivity contribution is -0.129. The summed E-state index contributed by atoms with van der Waals surface area (Å²) in [5.74, 6) is 6.28. The van der Waals surface area contributed by atoms with Crippen LogP contribution in [0.15, 0.2) is 55.0 Å². The number of hydrogen-bond donors (Lipinski definition) is 2. The zero-order valence-corrected chi connectivity index (χ0v) is 19.7. The maximum absolute atomic E-state index is 12.7. The fraction of sp³-hybridized carbons (Fsp3) is 0.231. The Bertz CT molecular complexity index is 1490. The number of likely N-dealkylation sites (tertiary alicyclic amines) is 1. The van der Waals surface area contributed by atoms with E-state index in [1.54, 1.807) is 42.3 Å². The summed E-state index contributed by atoms with van der Waals surface area (Å²) in [6.07, 6.45) is 7.65.